The zero-order valence-electron chi connectivity index (χ0n) is 18.3. The van der Waals surface area contributed by atoms with Crippen LogP contribution in [0.25, 0.3) is 0 Å². The minimum Gasteiger partial charge on any atom is -0.468 e. The number of hydrogen-bond donors (Lipinski definition) is 0. The molecule has 10 heteroatoms. The number of benzene rings is 2. The van der Waals surface area contributed by atoms with Crippen molar-refractivity contribution in [1.82, 2.24) is 4.31 Å². The van der Waals surface area contributed by atoms with E-state index >= 15 is 0 Å². The van der Waals surface area contributed by atoms with Crippen LogP contribution in [0.3, 0.4) is 0 Å². The first kappa shape index (κ1) is 23.4. The molecule has 0 N–H and O–H groups in total. The number of ether oxygens (including phenoxy) is 1. The van der Waals surface area contributed by atoms with Crippen LogP contribution in [0.5, 0.6) is 0 Å². The van der Waals surface area contributed by atoms with Crippen molar-refractivity contribution in [3.05, 3.63) is 84.3 Å². The second kappa shape index (κ2) is 9.62. The molecule has 1 aliphatic rings. The second-order valence-corrected chi connectivity index (χ2v) is 9.39. The number of sulfonamides is 1. The fourth-order valence-corrected chi connectivity index (χ4v) is 5.29. The first-order valence-electron chi connectivity index (χ1n) is 10.6. The van der Waals surface area contributed by atoms with E-state index in [0.717, 1.165) is 9.21 Å². The molecule has 1 fully saturated rings. The summed E-state index contributed by atoms with van der Waals surface area (Å²) >= 11 is 0. The summed E-state index contributed by atoms with van der Waals surface area (Å²) in [5.41, 5.74) is 0.507. The van der Waals surface area contributed by atoms with E-state index in [1.165, 1.54) is 42.7 Å². The van der Waals surface area contributed by atoms with Crippen molar-refractivity contribution >= 4 is 33.5 Å². The summed E-state index contributed by atoms with van der Waals surface area (Å²) < 4.78 is 38.2. The zero-order chi connectivity index (χ0) is 24.3. The smallest absolute Gasteiger partial charge is 0.338 e. The van der Waals surface area contributed by atoms with E-state index in [1.54, 1.807) is 37.3 Å². The van der Waals surface area contributed by atoms with Crippen LogP contribution in [0.1, 0.15) is 29.5 Å². The molecule has 2 amide bonds. The molecule has 176 valence electrons. The Morgan fingerprint density at radius 2 is 1.76 bits per heavy atom. The largest absolute Gasteiger partial charge is 0.468 e. The Morgan fingerprint density at radius 3 is 2.38 bits per heavy atom. The van der Waals surface area contributed by atoms with Crippen LogP contribution in [-0.4, -0.2) is 43.2 Å². The third-order valence-corrected chi connectivity index (χ3v) is 7.22. The van der Waals surface area contributed by atoms with Gasteiger partial charge in [0.15, 0.2) is 0 Å². The lowest BCUT2D eigenvalue weighted by Crippen LogP contribution is -2.45. The van der Waals surface area contributed by atoms with Gasteiger partial charge in [-0.05, 0) is 55.5 Å². The van der Waals surface area contributed by atoms with Crippen molar-refractivity contribution in [1.29, 1.82) is 0 Å². The summed E-state index contributed by atoms with van der Waals surface area (Å²) in [5.74, 6) is -1.42. The number of carbonyl (C=O) groups is 3. The number of amides is 2. The number of furan rings is 1. The van der Waals surface area contributed by atoms with Crippen LogP contribution in [0.4, 0.5) is 5.69 Å². The van der Waals surface area contributed by atoms with Gasteiger partial charge < -0.3 is 9.15 Å². The molecule has 2 aromatic carbocycles. The highest BCUT2D eigenvalue weighted by Gasteiger charge is 2.47. The lowest BCUT2D eigenvalue weighted by atomic mass is 10.2. The predicted octanol–water partition coefficient (Wildman–Crippen LogP) is 2.98. The summed E-state index contributed by atoms with van der Waals surface area (Å²) in [6, 6.07) is 15.4. The van der Waals surface area contributed by atoms with Crippen molar-refractivity contribution in [2.45, 2.75) is 30.8 Å². The number of carbonyl (C=O) groups excluding carboxylic acids is 3. The molecule has 1 atom stereocenters. The summed E-state index contributed by atoms with van der Waals surface area (Å²) in [7, 11) is -4.13. The van der Waals surface area contributed by atoms with Gasteiger partial charge in [0.25, 0.3) is 5.91 Å². The maximum atomic E-state index is 13.5. The van der Waals surface area contributed by atoms with E-state index in [2.05, 4.69) is 0 Å². The van der Waals surface area contributed by atoms with E-state index in [0.29, 0.717) is 5.76 Å². The SMILES string of the molecule is CCOC(=O)c1ccc(N2C(=O)CC(N(Cc3ccco3)S(=O)(=O)c3ccccc3)C2=O)cc1. The van der Waals surface area contributed by atoms with Crippen LogP contribution in [0.15, 0.2) is 82.3 Å². The summed E-state index contributed by atoms with van der Waals surface area (Å²) in [5, 5.41) is 0. The Labute approximate surface area is 196 Å². The van der Waals surface area contributed by atoms with Gasteiger partial charge >= 0.3 is 5.97 Å². The molecule has 0 aliphatic carbocycles. The van der Waals surface area contributed by atoms with E-state index in [-0.39, 0.29) is 35.7 Å². The molecule has 4 rings (SSSR count). The van der Waals surface area contributed by atoms with Crippen molar-refractivity contribution in [2.24, 2.45) is 0 Å². The second-order valence-electron chi connectivity index (χ2n) is 7.50. The molecule has 0 spiro atoms. The van der Waals surface area contributed by atoms with E-state index in [1.807, 2.05) is 0 Å². The molecule has 2 heterocycles. The standard InChI is InChI=1S/C24H22N2O7S/c1-2-32-24(29)17-10-12-18(13-11-17)26-22(27)15-21(23(26)28)25(16-19-7-6-14-33-19)34(30,31)20-8-4-3-5-9-20/h3-14,21H,2,15-16H2,1H3. The van der Waals surface area contributed by atoms with Gasteiger partial charge in [0, 0.05) is 0 Å². The van der Waals surface area contributed by atoms with Gasteiger partial charge in [-0.25, -0.2) is 18.1 Å². The van der Waals surface area contributed by atoms with Gasteiger partial charge in [-0.15, -0.1) is 0 Å². The molecule has 1 unspecified atom stereocenters. The number of esters is 1. The van der Waals surface area contributed by atoms with Crippen LogP contribution in [0.2, 0.25) is 0 Å². The van der Waals surface area contributed by atoms with E-state index < -0.39 is 33.8 Å². The van der Waals surface area contributed by atoms with Gasteiger partial charge in [0.1, 0.15) is 11.8 Å². The zero-order valence-corrected chi connectivity index (χ0v) is 19.1. The average Bonchev–Trinajstić information content (AvgIpc) is 3.45. The predicted molar refractivity (Wildman–Crippen MR) is 121 cm³/mol. The highest BCUT2D eigenvalue weighted by molar-refractivity contribution is 7.89. The van der Waals surface area contributed by atoms with Crippen LogP contribution in [0, 0.1) is 0 Å². The third-order valence-electron chi connectivity index (χ3n) is 5.35. The van der Waals surface area contributed by atoms with Crippen LogP contribution >= 0.6 is 0 Å². The molecule has 0 bridgehead atoms. The number of anilines is 1. The third kappa shape index (κ3) is 4.50. The van der Waals surface area contributed by atoms with Gasteiger partial charge in [-0.2, -0.15) is 4.31 Å². The summed E-state index contributed by atoms with van der Waals surface area (Å²) in [4.78, 5) is 39.0. The van der Waals surface area contributed by atoms with Gasteiger partial charge in [-0.1, -0.05) is 18.2 Å². The molecule has 1 saturated heterocycles. The summed E-state index contributed by atoms with van der Waals surface area (Å²) in [6.07, 6.45) is 1.08. The Morgan fingerprint density at radius 1 is 1.06 bits per heavy atom. The minimum absolute atomic E-state index is 0.000885. The molecule has 34 heavy (non-hydrogen) atoms. The molecular weight excluding hydrogens is 460 g/mol. The monoisotopic (exact) mass is 482 g/mol. The summed E-state index contributed by atoms with van der Waals surface area (Å²) in [6.45, 7) is 1.68. The molecule has 0 saturated carbocycles. The Hall–Kier alpha value is -3.76. The average molecular weight is 483 g/mol. The van der Waals surface area contributed by atoms with E-state index in [9.17, 15) is 22.8 Å². The fraction of sp³-hybridized carbons (Fsp3) is 0.208. The van der Waals surface area contributed by atoms with Crippen molar-refractivity contribution < 1.29 is 32.0 Å². The Kier molecular flexibility index (Phi) is 6.62. The number of nitrogens with zero attached hydrogens (tertiary/aromatic N) is 2. The van der Waals surface area contributed by atoms with Gasteiger partial charge in [0.2, 0.25) is 15.9 Å². The van der Waals surface area contributed by atoms with Crippen LogP contribution in [-0.2, 0) is 30.9 Å². The molecular formula is C24H22N2O7S. The molecule has 9 nitrogen and oxygen atoms in total. The topological polar surface area (TPSA) is 114 Å². The lowest BCUT2D eigenvalue weighted by molar-refractivity contribution is -0.122. The normalized spacial score (nSPS) is 16.3. The highest BCUT2D eigenvalue weighted by Crippen LogP contribution is 2.31. The maximum Gasteiger partial charge on any atom is 0.338 e. The van der Waals surface area contributed by atoms with Crippen molar-refractivity contribution in [3.63, 3.8) is 0 Å². The number of hydrogen-bond acceptors (Lipinski definition) is 7. The van der Waals surface area contributed by atoms with Gasteiger partial charge in [-0.3, -0.25) is 9.59 Å². The Balaban J connectivity index is 1.66. The lowest BCUT2D eigenvalue weighted by Gasteiger charge is -2.26. The quantitative estimate of drug-likeness (QED) is 0.358. The van der Waals surface area contributed by atoms with Crippen molar-refractivity contribution in [3.8, 4) is 0 Å². The first-order valence-corrected chi connectivity index (χ1v) is 12.0. The molecule has 1 aliphatic heterocycles. The Bertz CT molecular complexity index is 1290. The molecule has 3 aromatic rings. The number of rotatable bonds is 8. The highest BCUT2D eigenvalue weighted by atomic mass is 32.2. The van der Waals surface area contributed by atoms with Crippen molar-refractivity contribution in [2.75, 3.05) is 11.5 Å². The fourth-order valence-electron chi connectivity index (χ4n) is 3.72. The maximum absolute atomic E-state index is 13.5. The molecule has 1 aromatic heterocycles. The van der Waals surface area contributed by atoms with Crippen LogP contribution < -0.4 is 4.90 Å². The van der Waals surface area contributed by atoms with E-state index in [4.69, 9.17) is 9.15 Å². The first-order chi connectivity index (χ1) is 16.3. The van der Waals surface area contributed by atoms with Gasteiger partial charge in [0.05, 0.1) is 42.0 Å². The molecule has 0 radical (unpaired) electrons. The number of imide groups is 1. The minimum atomic E-state index is -4.13.